The van der Waals surface area contributed by atoms with Gasteiger partial charge in [0.15, 0.2) is 0 Å². The largest absolute Gasteiger partial charge is 0.508 e. The van der Waals surface area contributed by atoms with Gasteiger partial charge in [0, 0.05) is 11.5 Å². The molecule has 1 aliphatic heterocycles. The van der Waals surface area contributed by atoms with E-state index in [1.54, 1.807) is 18.2 Å². The number of aromatic hydroxyl groups is 1. The molecule has 0 amide bonds. The van der Waals surface area contributed by atoms with Crippen molar-refractivity contribution in [2.24, 2.45) is 0 Å². The van der Waals surface area contributed by atoms with Crippen molar-refractivity contribution in [1.82, 2.24) is 10.1 Å². The Kier molecular flexibility index (Phi) is 3.70. The summed E-state index contributed by atoms with van der Waals surface area (Å²) in [6.07, 6.45) is 0.446. The molecule has 2 aromatic rings. The number of aromatic nitrogens is 2. The Morgan fingerprint density at radius 1 is 1.42 bits per heavy atom. The van der Waals surface area contributed by atoms with E-state index in [0.29, 0.717) is 18.1 Å². The Hall–Kier alpha value is -1.53. The van der Waals surface area contributed by atoms with E-state index >= 15 is 0 Å². The minimum atomic E-state index is -0.0690. The second kappa shape index (κ2) is 5.63. The summed E-state index contributed by atoms with van der Waals surface area (Å²) in [5, 5.41) is 13.4. The molecule has 2 heterocycles. The van der Waals surface area contributed by atoms with E-state index in [2.05, 4.69) is 10.1 Å². The summed E-state index contributed by atoms with van der Waals surface area (Å²) in [4.78, 5) is 4.36. The lowest BCUT2D eigenvalue weighted by Gasteiger charge is -2.18. The molecule has 0 bridgehead atoms. The minimum Gasteiger partial charge on any atom is -0.508 e. The number of hydrogen-bond acceptors (Lipinski definition) is 6. The molecule has 3 rings (SSSR count). The average molecular weight is 278 g/mol. The topological polar surface area (TPSA) is 68.4 Å². The lowest BCUT2D eigenvalue weighted by Crippen LogP contribution is -2.16. The van der Waals surface area contributed by atoms with Gasteiger partial charge in [-0.3, -0.25) is 0 Å². The molecule has 1 aliphatic rings. The monoisotopic (exact) mass is 278 g/mol. The van der Waals surface area contributed by atoms with E-state index in [0.717, 1.165) is 23.7 Å². The van der Waals surface area contributed by atoms with Crippen LogP contribution in [-0.4, -0.2) is 33.4 Å². The third-order valence-corrected chi connectivity index (χ3v) is 3.85. The number of phenols is 1. The molecular formula is C13H14N2O3S. The van der Waals surface area contributed by atoms with Crippen LogP contribution in [0.3, 0.4) is 0 Å². The Bertz CT molecular complexity index is 552. The second-order valence-electron chi connectivity index (χ2n) is 4.33. The van der Waals surface area contributed by atoms with Crippen molar-refractivity contribution >= 4 is 11.8 Å². The third kappa shape index (κ3) is 3.08. The molecule has 19 heavy (non-hydrogen) atoms. The Morgan fingerprint density at radius 3 is 3.16 bits per heavy atom. The highest BCUT2D eigenvalue weighted by molar-refractivity contribution is 7.99. The zero-order valence-electron chi connectivity index (χ0n) is 10.3. The fourth-order valence-corrected chi connectivity index (χ4v) is 2.79. The van der Waals surface area contributed by atoms with E-state index < -0.39 is 0 Å². The van der Waals surface area contributed by atoms with Crippen molar-refractivity contribution in [2.45, 2.75) is 12.5 Å². The fourth-order valence-electron chi connectivity index (χ4n) is 1.95. The zero-order valence-corrected chi connectivity index (χ0v) is 11.1. The molecule has 100 valence electrons. The molecule has 0 aliphatic carbocycles. The van der Waals surface area contributed by atoms with Crippen molar-refractivity contribution in [2.75, 3.05) is 18.1 Å². The molecule has 1 atom stereocenters. The van der Waals surface area contributed by atoms with Crippen molar-refractivity contribution in [1.29, 1.82) is 0 Å². The first-order chi connectivity index (χ1) is 9.31. The molecule has 1 N–H and O–H groups in total. The Balaban J connectivity index is 1.70. The Labute approximate surface area is 115 Å². The van der Waals surface area contributed by atoms with Gasteiger partial charge in [0.2, 0.25) is 11.7 Å². The number of thioether (sulfide) groups is 1. The summed E-state index contributed by atoms with van der Waals surface area (Å²) in [6.45, 7) is 0.728. The molecule has 0 saturated carbocycles. The predicted octanol–water partition coefficient (Wildman–Crippen LogP) is 2.17. The number of nitrogens with zero attached hydrogens (tertiary/aromatic N) is 2. The van der Waals surface area contributed by atoms with Gasteiger partial charge in [0.25, 0.3) is 0 Å². The maximum absolute atomic E-state index is 9.41. The standard InChI is InChI=1S/C13H14N2O3S/c16-10-3-1-2-9(6-10)7-12-14-13(15-18-12)11-8-19-5-4-17-11/h1-3,6,11,16H,4-5,7-8H2. The van der Waals surface area contributed by atoms with Gasteiger partial charge in [-0.05, 0) is 17.7 Å². The van der Waals surface area contributed by atoms with E-state index in [1.807, 2.05) is 17.8 Å². The number of benzene rings is 1. The SMILES string of the molecule is Oc1cccc(Cc2nc(C3CSCCO3)no2)c1. The molecule has 6 heteroatoms. The second-order valence-corrected chi connectivity index (χ2v) is 5.48. The van der Waals surface area contributed by atoms with Crippen LogP contribution in [0.1, 0.15) is 23.4 Å². The Morgan fingerprint density at radius 2 is 2.37 bits per heavy atom. The van der Waals surface area contributed by atoms with Gasteiger partial charge in [-0.15, -0.1) is 0 Å². The van der Waals surface area contributed by atoms with Crippen LogP contribution in [0.2, 0.25) is 0 Å². The highest BCUT2D eigenvalue weighted by atomic mass is 32.2. The van der Waals surface area contributed by atoms with Crippen LogP contribution in [0.5, 0.6) is 5.75 Å². The maximum Gasteiger partial charge on any atom is 0.231 e. The molecular weight excluding hydrogens is 264 g/mol. The van der Waals surface area contributed by atoms with Crippen LogP contribution in [0, 0.1) is 0 Å². The summed E-state index contributed by atoms with van der Waals surface area (Å²) in [5.41, 5.74) is 0.939. The molecule has 1 saturated heterocycles. The smallest absolute Gasteiger partial charge is 0.231 e. The molecule has 1 aromatic heterocycles. The average Bonchev–Trinajstić information content (AvgIpc) is 2.88. The van der Waals surface area contributed by atoms with Crippen LogP contribution in [-0.2, 0) is 11.2 Å². The number of phenolic OH excluding ortho intramolecular Hbond substituents is 1. The highest BCUT2D eigenvalue weighted by Gasteiger charge is 2.22. The molecule has 0 spiro atoms. The van der Waals surface area contributed by atoms with Crippen LogP contribution in [0.4, 0.5) is 0 Å². The van der Waals surface area contributed by atoms with E-state index in [4.69, 9.17) is 9.26 Å². The summed E-state index contributed by atoms with van der Waals surface area (Å²) in [7, 11) is 0. The summed E-state index contributed by atoms with van der Waals surface area (Å²) >= 11 is 1.83. The third-order valence-electron chi connectivity index (χ3n) is 2.85. The first kappa shape index (κ1) is 12.5. The van der Waals surface area contributed by atoms with Crippen LogP contribution < -0.4 is 0 Å². The van der Waals surface area contributed by atoms with Crippen LogP contribution in [0.25, 0.3) is 0 Å². The van der Waals surface area contributed by atoms with E-state index in [9.17, 15) is 5.11 Å². The van der Waals surface area contributed by atoms with Gasteiger partial charge in [-0.25, -0.2) is 0 Å². The molecule has 1 aromatic carbocycles. The van der Waals surface area contributed by atoms with Crippen molar-refractivity contribution in [3.05, 3.63) is 41.5 Å². The van der Waals surface area contributed by atoms with Crippen molar-refractivity contribution in [3.63, 3.8) is 0 Å². The van der Waals surface area contributed by atoms with Gasteiger partial charge < -0.3 is 14.4 Å². The number of rotatable bonds is 3. The van der Waals surface area contributed by atoms with Crippen LogP contribution in [0.15, 0.2) is 28.8 Å². The van der Waals surface area contributed by atoms with Gasteiger partial charge in [-0.2, -0.15) is 16.7 Å². The number of hydrogen-bond donors (Lipinski definition) is 1. The maximum atomic E-state index is 9.41. The van der Waals surface area contributed by atoms with Crippen LogP contribution >= 0.6 is 11.8 Å². The number of ether oxygens (including phenoxy) is 1. The van der Waals surface area contributed by atoms with Crippen molar-refractivity contribution < 1.29 is 14.4 Å². The van der Waals surface area contributed by atoms with Gasteiger partial charge in [-0.1, -0.05) is 17.3 Å². The molecule has 1 unspecified atom stereocenters. The van der Waals surface area contributed by atoms with E-state index in [1.165, 1.54) is 0 Å². The summed E-state index contributed by atoms with van der Waals surface area (Å²) in [6, 6.07) is 7.03. The summed E-state index contributed by atoms with van der Waals surface area (Å²) in [5.74, 6) is 3.28. The van der Waals surface area contributed by atoms with E-state index in [-0.39, 0.29) is 11.9 Å². The molecule has 5 nitrogen and oxygen atoms in total. The first-order valence-electron chi connectivity index (χ1n) is 6.11. The lowest BCUT2D eigenvalue weighted by molar-refractivity contribution is 0.0677. The quantitative estimate of drug-likeness (QED) is 0.928. The van der Waals surface area contributed by atoms with Gasteiger partial charge in [0.1, 0.15) is 11.9 Å². The molecule has 0 radical (unpaired) electrons. The minimum absolute atomic E-state index is 0.0690. The highest BCUT2D eigenvalue weighted by Crippen LogP contribution is 2.24. The first-order valence-corrected chi connectivity index (χ1v) is 7.26. The fraction of sp³-hybridized carbons (Fsp3) is 0.385. The summed E-state index contributed by atoms with van der Waals surface area (Å²) < 4.78 is 10.8. The zero-order chi connectivity index (χ0) is 13.1. The lowest BCUT2D eigenvalue weighted by atomic mass is 10.1. The predicted molar refractivity (Wildman–Crippen MR) is 71.2 cm³/mol. The normalized spacial score (nSPS) is 19.5. The molecule has 1 fully saturated rings. The van der Waals surface area contributed by atoms with Crippen molar-refractivity contribution in [3.8, 4) is 5.75 Å². The van der Waals surface area contributed by atoms with Gasteiger partial charge >= 0.3 is 0 Å². The van der Waals surface area contributed by atoms with Gasteiger partial charge in [0.05, 0.1) is 13.0 Å².